The molecule has 38 heavy (non-hydrogen) atoms. The van der Waals surface area contributed by atoms with E-state index >= 15 is 0 Å². The molecule has 194 valence electrons. The Bertz CT molecular complexity index is 1560. The zero-order valence-corrected chi connectivity index (χ0v) is 22.1. The fourth-order valence-electron chi connectivity index (χ4n) is 5.24. The highest BCUT2D eigenvalue weighted by molar-refractivity contribution is 7.09. The van der Waals surface area contributed by atoms with Crippen molar-refractivity contribution in [1.29, 1.82) is 0 Å². The molecule has 0 spiro atoms. The molecule has 0 bridgehead atoms. The summed E-state index contributed by atoms with van der Waals surface area (Å²) >= 11 is 1.71. The van der Waals surface area contributed by atoms with E-state index < -0.39 is 6.04 Å². The Morgan fingerprint density at radius 1 is 1.16 bits per heavy atom. The second-order valence-corrected chi connectivity index (χ2v) is 10.9. The zero-order valence-electron chi connectivity index (χ0n) is 21.3. The van der Waals surface area contributed by atoms with Crippen LogP contribution in [0.25, 0.3) is 10.9 Å². The summed E-state index contributed by atoms with van der Waals surface area (Å²) in [5.74, 6) is 0.640. The number of nitrogens with one attached hydrogen (secondary N) is 1. The van der Waals surface area contributed by atoms with E-state index in [1.165, 1.54) is 4.88 Å². The van der Waals surface area contributed by atoms with E-state index in [0.717, 1.165) is 41.5 Å². The molecule has 8 nitrogen and oxygen atoms in total. The van der Waals surface area contributed by atoms with Gasteiger partial charge in [-0.25, -0.2) is 4.68 Å². The number of benzene rings is 2. The molecule has 0 amide bonds. The zero-order chi connectivity index (χ0) is 25.9. The van der Waals surface area contributed by atoms with Gasteiger partial charge in [0, 0.05) is 35.7 Å². The number of aromatic amines is 1. The van der Waals surface area contributed by atoms with Gasteiger partial charge in [-0.2, -0.15) is 0 Å². The van der Waals surface area contributed by atoms with E-state index in [4.69, 9.17) is 4.74 Å². The SMILES string of the molecule is Cc1ccc2[nH]c(=O)c([C@H](c3nnnn3Cc3ccccc3)N(Cc3cccs3)C[C@H]3CCCO3)cc2c1. The number of aryl methyl sites for hydroxylation is 1. The van der Waals surface area contributed by atoms with Crippen LogP contribution in [0.5, 0.6) is 0 Å². The predicted octanol–water partition coefficient (Wildman–Crippen LogP) is 4.70. The fourth-order valence-corrected chi connectivity index (χ4v) is 5.96. The van der Waals surface area contributed by atoms with Crippen LogP contribution >= 0.6 is 11.3 Å². The van der Waals surface area contributed by atoms with Crippen molar-refractivity contribution in [2.75, 3.05) is 13.2 Å². The maximum absolute atomic E-state index is 13.7. The third-order valence-corrected chi connectivity index (χ3v) is 7.93. The summed E-state index contributed by atoms with van der Waals surface area (Å²) < 4.78 is 7.88. The molecule has 4 heterocycles. The number of nitrogens with zero attached hydrogens (tertiary/aromatic N) is 5. The molecular formula is C29H30N6O2S. The second kappa shape index (κ2) is 11.0. The first-order chi connectivity index (χ1) is 18.6. The first kappa shape index (κ1) is 24.7. The van der Waals surface area contributed by atoms with Crippen LogP contribution in [0.3, 0.4) is 0 Å². The number of aromatic nitrogens is 5. The molecule has 0 unspecified atom stereocenters. The minimum atomic E-state index is -0.464. The second-order valence-electron chi connectivity index (χ2n) is 9.87. The number of H-pyrrole nitrogens is 1. The van der Waals surface area contributed by atoms with Crippen molar-refractivity contribution in [3.05, 3.63) is 110 Å². The Kier molecular flexibility index (Phi) is 7.13. The summed E-state index contributed by atoms with van der Waals surface area (Å²) in [6.45, 7) is 4.67. The largest absolute Gasteiger partial charge is 0.377 e. The molecule has 1 aliphatic heterocycles. The van der Waals surface area contributed by atoms with E-state index in [0.29, 0.717) is 31.0 Å². The topological polar surface area (TPSA) is 88.9 Å². The molecule has 3 aromatic heterocycles. The van der Waals surface area contributed by atoms with Crippen molar-refractivity contribution in [3.63, 3.8) is 0 Å². The van der Waals surface area contributed by atoms with Crippen molar-refractivity contribution < 1.29 is 4.74 Å². The third kappa shape index (κ3) is 5.31. The van der Waals surface area contributed by atoms with E-state index in [1.54, 1.807) is 11.3 Å². The highest BCUT2D eigenvalue weighted by Crippen LogP contribution is 2.31. The van der Waals surface area contributed by atoms with Gasteiger partial charge in [-0.1, -0.05) is 48.0 Å². The van der Waals surface area contributed by atoms with Gasteiger partial charge < -0.3 is 9.72 Å². The van der Waals surface area contributed by atoms with Crippen LogP contribution < -0.4 is 5.56 Å². The monoisotopic (exact) mass is 526 g/mol. The van der Waals surface area contributed by atoms with Gasteiger partial charge in [-0.05, 0) is 70.8 Å². The van der Waals surface area contributed by atoms with Gasteiger partial charge in [-0.15, -0.1) is 16.4 Å². The van der Waals surface area contributed by atoms with Crippen molar-refractivity contribution in [3.8, 4) is 0 Å². The first-order valence-electron chi connectivity index (χ1n) is 13.0. The summed E-state index contributed by atoms with van der Waals surface area (Å²) in [5.41, 5.74) is 3.53. The Morgan fingerprint density at radius 2 is 2.05 bits per heavy atom. The fraction of sp³-hybridized carbons (Fsp3) is 0.310. The summed E-state index contributed by atoms with van der Waals surface area (Å²) in [7, 11) is 0. The lowest BCUT2D eigenvalue weighted by Gasteiger charge is -2.32. The highest BCUT2D eigenvalue weighted by atomic mass is 32.1. The molecule has 0 radical (unpaired) electrons. The summed E-state index contributed by atoms with van der Waals surface area (Å²) in [4.78, 5) is 20.3. The molecule has 1 saturated heterocycles. The third-order valence-electron chi connectivity index (χ3n) is 7.07. The Labute approximate surface area is 224 Å². The molecule has 0 saturated carbocycles. The van der Waals surface area contributed by atoms with Crippen molar-refractivity contribution >= 4 is 22.2 Å². The average Bonchev–Trinajstić information content (AvgIpc) is 3.70. The Morgan fingerprint density at radius 3 is 2.84 bits per heavy atom. The molecule has 5 aromatic rings. The predicted molar refractivity (Wildman–Crippen MR) is 148 cm³/mol. The molecule has 1 aliphatic rings. The molecule has 0 aliphatic carbocycles. The molecular weight excluding hydrogens is 496 g/mol. The lowest BCUT2D eigenvalue weighted by Crippen LogP contribution is -2.39. The summed E-state index contributed by atoms with van der Waals surface area (Å²) in [6, 6.07) is 21.9. The molecule has 2 aromatic carbocycles. The first-order valence-corrected chi connectivity index (χ1v) is 13.8. The minimum Gasteiger partial charge on any atom is -0.377 e. The van der Waals surface area contributed by atoms with Gasteiger partial charge in [-0.3, -0.25) is 9.69 Å². The van der Waals surface area contributed by atoms with E-state index in [-0.39, 0.29) is 11.7 Å². The van der Waals surface area contributed by atoms with Gasteiger partial charge >= 0.3 is 0 Å². The smallest absolute Gasteiger partial charge is 0.253 e. The van der Waals surface area contributed by atoms with Gasteiger partial charge in [0.1, 0.15) is 6.04 Å². The molecule has 1 N–H and O–H groups in total. The number of hydrogen-bond acceptors (Lipinski definition) is 7. The van der Waals surface area contributed by atoms with Crippen molar-refractivity contribution in [1.82, 2.24) is 30.1 Å². The molecule has 1 fully saturated rings. The number of fused-ring (bicyclic) bond motifs is 1. The highest BCUT2D eigenvalue weighted by Gasteiger charge is 2.33. The van der Waals surface area contributed by atoms with E-state index in [1.807, 2.05) is 41.1 Å². The van der Waals surface area contributed by atoms with Gasteiger partial charge in [0.05, 0.1) is 12.6 Å². The Hall–Kier alpha value is -3.66. The lowest BCUT2D eigenvalue weighted by atomic mass is 10.0. The number of ether oxygens (including phenoxy) is 1. The minimum absolute atomic E-state index is 0.0951. The number of thiophene rings is 1. The molecule has 9 heteroatoms. The van der Waals surface area contributed by atoms with Crippen LogP contribution in [0.2, 0.25) is 0 Å². The average molecular weight is 527 g/mol. The van der Waals surface area contributed by atoms with Crippen LogP contribution in [-0.2, 0) is 17.8 Å². The van der Waals surface area contributed by atoms with Crippen LogP contribution in [-0.4, -0.2) is 49.3 Å². The van der Waals surface area contributed by atoms with Crippen LogP contribution in [0.4, 0.5) is 0 Å². The number of rotatable bonds is 9. The van der Waals surface area contributed by atoms with Gasteiger partial charge in [0.25, 0.3) is 5.56 Å². The van der Waals surface area contributed by atoms with Crippen LogP contribution in [0, 0.1) is 6.92 Å². The van der Waals surface area contributed by atoms with Gasteiger partial charge in [0.2, 0.25) is 0 Å². The normalized spacial score (nSPS) is 16.4. The van der Waals surface area contributed by atoms with Gasteiger partial charge in [0.15, 0.2) is 5.82 Å². The molecule has 2 atom stereocenters. The van der Waals surface area contributed by atoms with Crippen molar-refractivity contribution in [2.45, 2.75) is 45.0 Å². The summed E-state index contributed by atoms with van der Waals surface area (Å²) in [5, 5.41) is 16.0. The number of tetrazole rings is 1. The van der Waals surface area contributed by atoms with Crippen LogP contribution in [0.15, 0.2) is 76.9 Å². The number of hydrogen-bond donors (Lipinski definition) is 1. The standard InChI is InChI=1S/C29H30N6O2S/c1-20-11-12-26-22(15-20)16-25(29(36)30-26)27(28-31-32-33-35(28)17-21-7-3-2-4-8-21)34(18-23-9-5-13-37-23)19-24-10-6-14-38-24/h2-4,6-8,10-12,14-16,23,27H,5,9,13,17-19H2,1H3,(H,30,36)/t23-,27-/m1/s1. The molecule has 6 rings (SSSR count). The van der Waals surface area contributed by atoms with Crippen molar-refractivity contribution in [2.24, 2.45) is 0 Å². The quantitative estimate of drug-likeness (QED) is 0.299. The Balaban J connectivity index is 1.49. The number of pyridine rings is 1. The van der Waals surface area contributed by atoms with E-state index in [9.17, 15) is 4.79 Å². The summed E-state index contributed by atoms with van der Waals surface area (Å²) in [6.07, 6.45) is 2.14. The van der Waals surface area contributed by atoms with Crippen LogP contribution in [0.1, 0.15) is 46.3 Å². The lowest BCUT2D eigenvalue weighted by molar-refractivity contribution is 0.0578. The maximum atomic E-state index is 13.7. The maximum Gasteiger partial charge on any atom is 0.253 e. The van der Waals surface area contributed by atoms with E-state index in [2.05, 4.69) is 68.0 Å².